The predicted octanol–water partition coefficient (Wildman–Crippen LogP) is 7.85. The van der Waals surface area contributed by atoms with Crippen molar-refractivity contribution in [1.82, 2.24) is 15.4 Å². The van der Waals surface area contributed by atoms with Crippen molar-refractivity contribution in [2.75, 3.05) is 18.0 Å². The number of hydrogen-bond acceptors (Lipinski definition) is 5. The lowest BCUT2D eigenvalue weighted by atomic mass is 9.63. The topological polar surface area (TPSA) is 55.1 Å². The molecule has 3 aliphatic rings. The van der Waals surface area contributed by atoms with E-state index < -0.39 is 0 Å². The van der Waals surface area contributed by atoms with Gasteiger partial charge in [0.25, 0.3) is 0 Å². The summed E-state index contributed by atoms with van der Waals surface area (Å²) in [6.45, 7) is 4.03. The summed E-state index contributed by atoms with van der Waals surface area (Å²) in [7, 11) is 0. The molecule has 1 aliphatic heterocycles. The first kappa shape index (κ1) is 22.3. The van der Waals surface area contributed by atoms with E-state index >= 15 is 0 Å². The average molecular weight is 517 g/mol. The molecule has 36 heavy (non-hydrogen) atoms. The van der Waals surface area contributed by atoms with Crippen LogP contribution in [0.5, 0.6) is 0 Å². The Bertz CT molecular complexity index is 1510. The van der Waals surface area contributed by atoms with Crippen molar-refractivity contribution in [3.05, 3.63) is 75.6 Å². The first-order valence-electron chi connectivity index (χ1n) is 12.6. The van der Waals surface area contributed by atoms with E-state index in [9.17, 15) is 0 Å². The number of anilines is 1. The van der Waals surface area contributed by atoms with Crippen LogP contribution in [0.4, 0.5) is 5.69 Å². The van der Waals surface area contributed by atoms with Crippen LogP contribution in [0.3, 0.4) is 0 Å². The highest BCUT2D eigenvalue weighted by Gasteiger charge is 2.44. The lowest BCUT2D eigenvalue weighted by Crippen LogP contribution is -2.42. The number of aromatic nitrogens is 3. The third kappa shape index (κ3) is 3.72. The molecule has 2 aliphatic carbocycles. The van der Waals surface area contributed by atoms with Gasteiger partial charge >= 0.3 is 0 Å². The van der Waals surface area contributed by atoms with Gasteiger partial charge in [0.05, 0.1) is 21.3 Å². The van der Waals surface area contributed by atoms with Gasteiger partial charge in [-0.3, -0.25) is 0 Å². The maximum atomic E-state index is 6.57. The van der Waals surface area contributed by atoms with Gasteiger partial charge in [-0.2, -0.15) is 10.2 Å². The summed E-state index contributed by atoms with van der Waals surface area (Å²) in [5.41, 5.74) is 7.38. The van der Waals surface area contributed by atoms with E-state index in [1.807, 2.05) is 25.1 Å². The number of nitrogens with zero attached hydrogens (tertiary/aromatic N) is 4. The highest BCUT2D eigenvalue weighted by Crippen LogP contribution is 2.56. The van der Waals surface area contributed by atoms with Crippen molar-refractivity contribution in [2.24, 2.45) is 5.41 Å². The normalized spacial score (nSPS) is 19.0. The Morgan fingerprint density at radius 2 is 1.72 bits per heavy atom. The van der Waals surface area contributed by atoms with E-state index in [0.29, 0.717) is 16.0 Å². The molecule has 7 rings (SSSR count). The zero-order valence-corrected chi connectivity index (χ0v) is 21.6. The van der Waals surface area contributed by atoms with Crippen molar-refractivity contribution >= 4 is 45.4 Å². The largest absolute Gasteiger partial charge is 0.371 e. The van der Waals surface area contributed by atoms with E-state index in [2.05, 4.69) is 50.6 Å². The second-order valence-corrected chi connectivity index (χ2v) is 11.4. The molecule has 0 atom stereocenters. The molecule has 2 fully saturated rings. The van der Waals surface area contributed by atoms with Crippen LogP contribution in [0.2, 0.25) is 10.0 Å². The number of hydrogen-bond donors (Lipinski definition) is 0. The van der Waals surface area contributed by atoms with E-state index in [0.717, 1.165) is 84.4 Å². The number of aryl methyl sites for hydroxylation is 1. The lowest BCUT2D eigenvalue weighted by molar-refractivity contribution is 0.277. The summed E-state index contributed by atoms with van der Waals surface area (Å²) < 4.78 is 5.91. The van der Waals surface area contributed by atoms with Crippen LogP contribution in [-0.2, 0) is 0 Å². The minimum absolute atomic E-state index is 0.235. The van der Waals surface area contributed by atoms with E-state index in [1.165, 1.54) is 11.3 Å². The molecular weight excluding hydrogens is 491 g/mol. The summed E-state index contributed by atoms with van der Waals surface area (Å²) in [5.74, 6) is 1.47. The Morgan fingerprint density at radius 3 is 2.44 bits per heavy atom. The Labute approximate surface area is 220 Å². The van der Waals surface area contributed by atoms with Crippen molar-refractivity contribution in [1.29, 1.82) is 0 Å². The average Bonchev–Trinajstić information content (AvgIpc) is 3.62. The summed E-state index contributed by atoms with van der Waals surface area (Å²) >= 11 is 13.1. The molecule has 3 heterocycles. The third-order valence-corrected chi connectivity index (χ3v) is 8.66. The van der Waals surface area contributed by atoms with Crippen LogP contribution in [0.1, 0.15) is 55.0 Å². The number of piperidine rings is 1. The Kier molecular flexibility index (Phi) is 5.16. The van der Waals surface area contributed by atoms with Gasteiger partial charge in [0.15, 0.2) is 0 Å². The van der Waals surface area contributed by atoms with Crippen LogP contribution < -0.4 is 4.90 Å². The molecule has 0 bridgehead atoms. The second-order valence-electron chi connectivity index (χ2n) is 10.6. The van der Waals surface area contributed by atoms with Crippen molar-refractivity contribution in [3.63, 3.8) is 0 Å². The van der Waals surface area contributed by atoms with Gasteiger partial charge in [0.2, 0.25) is 0 Å². The quantitative estimate of drug-likeness (QED) is 0.276. The molecule has 7 heteroatoms. The van der Waals surface area contributed by atoms with Gasteiger partial charge in [0.1, 0.15) is 11.5 Å². The van der Waals surface area contributed by atoms with Gasteiger partial charge in [-0.1, -0.05) is 46.6 Å². The zero-order valence-electron chi connectivity index (χ0n) is 20.1. The van der Waals surface area contributed by atoms with E-state index in [4.69, 9.17) is 27.7 Å². The molecule has 2 aromatic carbocycles. The fraction of sp³-hybridized carbons (Fsp3) is 0.345. The molecule has 1 spiro atoms. The van der Waals surface area contributed by atoms with Crippen molar-refractivity contribution < 1.29 is 4.52 Å². The SMILES string of the molecule is Cc1cc2ccc(N3CCC4(C=C(c5c(-c6c(Cl)cccc6Cl)noc5C5CC5)C4)CC3)cc2nn1. The zero-order chi connectivity index (χ0) is 24.4. The van der Waals surface area contributed by atoms with Crippen molar-refractivity contribution in [3.8, 4) is 11.3 Å². The number of benzene rings is 2. The summed E-state index contributed by atoms with van der Waals surface area (Å²) in [5, 5.41) is 15.5. The fourth-order valence-electron chi connectivity index (χ4n) is 5.87. The number of rotatable bonds is 4. The van der Waals surface area contributed by atoms with Crippen molar-refractivity contribution in [2.45, 2.75) is 44.9 Å². The van der Waals surface area contributed by atoms with Gasteiger partial charge in [-0.15, -0.1) is 0 Å². The Balaban J connectivity index is 1.15. The fourth-order valence-corrected chi connectivity index (χ4v) is 6.44. The predicted molar refractivity (Wildman–Crippen MR) is 145 cm³/mol. The molecular formula is C29H26Cl2N4O. The molecule has 1 saturated carbocycles. The van der Waals surface area contributed by atoms with E-state index in [1.54, 1.807) is 0 Å². The standard InChI is InChI=1S/C29H26Cl2N4O/c1-17-13-19-7-8-21(14-24(19)33-32-17)35-11-9-29(10-12-35)15-20(16-29)25-27(34-36-28(25)18-5-6-18)26-22(30)3-2-4-23(26)31/h2-4,7-8,13-15,18H,5-6,9-12,16H2,1H3. The van der Waals surface area contributed by atoms with Crippen LogP contribution in [0.15, 0.2) is 53.1 Å². The lowest BCUT2D eigenvalue weighted by Gasteiger charge is -2.47. The van der Waals surface area contributed by atoms with E-state index in [-0.39, 0.29) is 5.41 Å². The highest BCUT2D eigenvalue weighted by atomic mass is 35.5. The van der Waals surface area contributed by atoms with Crippen LogP contribution in [0.25, 0.3) is 27.7 Å². The number of fused-ring (bicyclic) bond motifs is 1. The van der Waals surface area contributed by atoms with Crippen LogP contribution in [0, 0.1) is 12.3 Å². The molecule has 1 saturated heterocycles. The minimum Gasteiger partial charge on any atom is -0.371 e. The molecule has 5 nitrogen and oxygen atoms in total. The summed E-state index contributed by atoms with van der Waals surface area (Å²) in [4.78, 5) is 2.47. The molecule has 182 valence electrons. The number of allylic oxidation sites excluding steroid dienone is 2. The molecule has 2 aromatic heterocycles. The summed E-state index contributed by atoms with van der Waals surface area (Å²) in [6.07, 6.45) is 8.08. The molecule has 0 unspecified atom stereocenters. The molecule has 0 N–H and O–H groups in total. The third-order valence-electron chi connectivity index (χ3n) is 8.03. The first-order valence-corrected chi connectivity index (χ1v) is 13.4. The molecule has 4 aromatic rings. The van der Waals surface area contributed by atoms with Crippen LogP contribution >= 0.6 is 23.2 Å². The maximum Gasteiger partial charge on any atom is 0.147 e. The monoisotopic (exact) mass is 516 g/mol. The van der Waals surface area contributed by atoms with Gasteiger partial charge in [-0.05, 0) is 80.3 Å². The highest BCUT2D eigenvalue weighted by molar-refractivity contribution is 6.39. The maximum absolute atomic E-state index is 6.57. The minimum atomic E-state index is 0.235. The second kappa shape index (κ2) is 8.32. The number of halogens is 2. The molecule has 0 radical (unpaired) electrons. The first-order chi connectivity index (χ1) is 17.5. The van der Waals surface area contributed by atoms with Gasteiger partial charge in [-0.25, -0.2) is 0 Å². The van der Waals surface area contributed by atoms with Gasteiger partial charge in [0, 0.05) is 41.2 Å². The Hall–Kier alpha value is -2.89. The van der Waals surface area contributed by atoms with Gasteiger partial charge < -0.3 is 9.42 Å². The van der Waals surface area contributed by atoms with Crippen LogP contribution in [-0.4, -0.2) is 28.4 Å². The smallest absolute Gasteiger partial charge is 0.147 e. The molecule has 0 amide bonds. The Morgan fingerprint density at radius 1 is 0.972 bits per heavy atom. The summed E-state index contributed by atoms with van der Waals surface area (Å²) in [6, 6.07) is 14.2.